The molecule has 7 heteroatoms. The fourth-order valence-electron chi connectivity index (χ4n) is 1.92. The lowest BCUT2D eigenvalue weighted by Gasteiger charge is -2.11. The number of ether oxygens (including phenoxy) is 1. The first kappa shape index (κ1) is 17.0. The standard InChI is InChI=1S/C16H15BrN2O4/c1-10-8-15(11(2)7-14(10)17)23-9-16(20)18-12-3-5-13(6-4-12)19(21)22/h3-8H,9H2,1-2H3,(H,18,20). The van der Waals surface area contributed by atoms with E-state index in [9.17, 15) is 14.9 Å². The second-order valence-electron chi connectivity index (χ2n) is 5.01. The Balaban J connectivity index is 1.95. The maximum absolute atomic E-state index is 11.9. The zero-order valence-electron chi connectivity index (χ0n) is 12.6. The van der Waals surface area contributed by atoms with Crippen molar-refractivity contribution in [3.8, 4) is 5.75 Å². The number of hydrogen-bond acceptors (Lipinski definition) is 4. The molecule has 0 saturated heterocycles. The van der Waals surface area contributed by atoms with Gasteiger partial charge in [0.15, 0.2) is 6.61 Å². The number of carbonyl (C=O) groups is 1. The van der Waals surface area contributed by atoms with Gasteiger partial charge in [0.2, 0.25) is 0 Å². The van der Waals surface area contributed by atoms with Crippen molar-refractivity contribution in [2.75, 3.05) is 11.9 Å². The number of anilines is 1. The van der Waals surface area contributed by atoms with E-state index in [2.05, 4.69) is 21.2 Å². The molecule has 120 valence electrons. The molecule has 0 bridgehead atoms. The number of nitrogens with zero attached hydrogens (tertiary/aromatic N) is 1. The van der Waals surface area contributed by atoms with Crippen LogP contribution in [0.15, 0.2) is 40.9 Å². The number of benzene rings is 2. The highest BCUT2D eigenvalue weighted by atomic mass is 79.9. The van der Waals surface area contributed by atoms with Gasteiger partial charge in [-0.25, -0.2) is 0 Å². The molecule has 1 amide bonds. The first-order chi connectivity index (χ1) is 10.9. The Morgan fingerprint density at radius 1 is 1.22 bits per heavy atom. The molecular formula is C16H15BrN2O4. The number of hydrogen-bond donors (Lipinski definition) is 1. The first-order valence-electron chi connectivity index (χ1n) is 6.80. The quantitative estimate of drug-likeness (QED) is 0.629. The van der Waals surface area contributed by atoms with Gasteiger partial charge >= 0.3 is 0 Å². The van der Waals surface area contributed by atoms with Crippen LogP contribution in [0, 0.1) is 24.0 Å². The molecule has 0 saturated carbocycles. The van der Waals surface area contributed by atoms with Crippen molar-refractivity contribution in [2.24, 2.45) is 0 Å². The summed E-state index contributed by atoms with van der Waals surface area (Å²) in [6.07, 6.45) is 0. The highest BCUT2D eigenvalue weighted by molar-refractivity contribution is 9.10. The van der Waals surface area contributed by atoms with Crippen molar-refractivity contribution in [1.29, 1.82) is 0 Å². The third-order valence-electron chi connectivity index (χ3n) is 3.18. The van der Waals surface area contributed by atoms with E-state index >= 15 is 0 Å². The Morgan fingerprint density at radius 2 is 1.87 bits per heavy atom. The number of nitro groups is 1. The van der Waals surface area contributed by atoms with E-state index in [4.69, 9.17) is 4.74 Å². The van der Waals surface area contributed by atoms with Crippen LogP contribution >= 0.6 is 15.9 Å². The highest BCUT2D eigenvalue weighted by Crippen LogP contribution is 2.26. The summed E-state index contributed by atoms with van der Waals surface area (Å²) in [5.74, 6) is 0.309. The Morgan fingerprint density at radius 3 is 2.48 bits per heavy atom. The molecular weight excluding hydrogens is 364 g/mol. The van der Waals surface area contributed by atoms with Crippen molar-refractivity contribution in [3.63, 3.8) is 0 Å². The zero-order valence-corrected chi connectivity index (χ0v) is 14.2. The minimum atomic E-state index is -0.493. The third-order valence-corrected chi connectivity index (χ3v) is 4.03. The second-order valence-corrected chi connectivity index (χ2v) is 5.86. The summed E-state index contributed by atoms with van der Waals surface area (Å²) in [5, 5.41) is 13.2. The number of rotatable bonds is 5. The number of nitro benzene ring substituents is 1. The monoisotopic (exact) mass is 378 g/mol. The summed E-state index contributed by atoms with van der Waals surface area (Å²) in [6.45, 7) is 3.69. The average Bonchev–Trinajstić information content (AvgIpc) is 2.50. The van der Waals surface area contributed by atoms with Crippen LogP contribution in [0.25, 0.3) is 0 Å². The van der Waals surface area contributed by atoms with Gasteiger partial charge in [-0.3, -0.25) is 14.9 Å². The van der Waals surface area contributed by atoms with E-state index in [1.807, 2.05) is 26.0 Å². The molecule has 0 fully saturated rings. The van der Waals surface area contributed by atoms with Gasteiger partial charge in [-0.2, -0.15) is 0 Å². The van der Waals surface area contributed by atoms with Gasteiger partial charge in [0.25, 0.3) is 11.6 Å². The molecule has 0 aliphatic carbocycles. The molecule has 0 unspecified atom stereocenters. The van der Waals surface area contributed by atoms with Crippen molar-refractivity contribution in [2.45, 2.75) is 13.8 Å². The van der Waals surface area contributed by atoms with Gasteiger partial charge in [0.1, 0.15) is 5.75 Å². The molecule has 0 spiro atoms. The Kier molecular flexibility index (Phi) is 5.33. The molecule has 2 aromatic carbocycles. The number of aryl methyl sites for hydroxylation is 2. The summed E-state index contributed by atoms with van der Waals surface area (Å²) in [4.78, 5) is 22.0. The van der Waals surface area contributed by atoms with E-state index in [0.29, 0.717) is 11.4 Å². The van der Waals surface area contributed by atoms with Gasteiger partial charge in [-0.15, -0.1) is 0 Å². The molecule has 0 radical (unpaired) electrons. The van der Waals surface area contributed by atoms with Crippen LogP contribution in [0.5, 0.6) is 5.75 Å². The minimum Gasteiger partial charge on any atom is -0.483 e. The van der Waals surface area contributed by atoms with Crippen LogP contribution in [0.4, 0.5) is 11.4 Å². The molecule has 0 aromatic heterocycles. The largest absolute Gasteiger partial charge is 0.483 e. The maximum Gasteiger partial charge on any atom is 0.269 e. The van der Waals surface area contributed by atoms with Gasteiger partial charge in [-0.1, -0.05) is 15.9 Å². The van der Waals surface area contributed by atoms with E-state index < -0.39 is 4.92 Å². The van der Waals surface area contributed by atoms with E-state index in [0.717, 1.165) is 15.6 Å². The van der Waals surface area contributed by atoms with Gasteiger partial charge in [-0.05, 0) is 49.2 Å². The SMILES string of the molecule is Cc1cc(OCC(=O)Nc2ccc([N+](=O)[O-])cc2)c(C)cc1Br. The van der Waals surface area contributed by atoms with E-state index in [-0.39, 0.29) is 18.2 Å². The minimum absolute atomic E-state index is 0.0276. The molecule has 1 N–H and O–H groups in total. The summed E-state index contributed by atoms with van der Waals surface area (Å²) < 4.78 is 6.51. The molecule has 23 heavy (non-hydrogen) atoms. The lowest BCUT2D eigenvalue weighted by Crippen LogP contribution is -2.20. The molecule has 0 heterocycles. The number of halogens is 1. The Bertz CT molecular complexity index is 744. The lowest BCUT2D eigenvalue weighted by molar-refractivity contribution is -0.384. The molecule has 2 aromatic rings. The van der Waals surface area contributed by atoms with Crippen LogP contribution in [-0.2, 0) is 4.79 Å². The summed E-state index contributed by atoms with van der Waals surface area (Å²) in [6, 6.07) is 9.41. The Hall–Kier alpha value is -2.41. The number of non-ortho nitro benzene ring substituents is 1. The van der Waals surface area contributed by atoms with Crippen LogP contribution < -0.4 is 10.1 Å². The Labute approximate surface area is 141 Å². The van der Waals surface area contributed by atoms with E-state index in [1.165, 1.54) is 24.3 Å². The molecule has 6 nitrogen and oxygen atoms in total. The predicted octanol–water partition coefficient (Wildman–Crippen LogP) is 3.99. The third kappa shape index (κ3) is 4.53. The predicted molar refractivity (Wildman–Crippen MR) is 90.8 cm³/mol. The van der Waals surface area contributed by atoms with Gasteiger partial charge in [0, 0.05) is 22.3 Å². The summed E-state index contributed by atoms with van der Waals surface area (Å²) in [7, 11) is 0. The number of carbonyl (C=O) groups excluding carboxylic acids is 1. The summed E-state index contributed by atoms with van der Waals surface area (Å²) in [5.41, 5.74) is 2.39. The lowest BCUT2D eigenvalue weighted by atomic mass is 10.1. The summed E-state index contributed by atoms with van der Waals surface area (Å²) >= 11 is 3.44. The van der Waals surface area contributed by atoms with Crippen molar-refractivity contribution < 1.29 is 14.5 Å². The molecule has 2 rings (SSSR count). The first-order valence-corrected chi connectivity index (χ1v) is 7.60. The number of amides is 1. The van der Waals surface area contributed by atoms with Gasteiger partial charge < -0.3 is 10.1 Å². The topological polar surface area (TPSA) is 81.5 Å². The van der Waals surface area contributed by atoms with Gasteiger partial charge in [0.05, 0.1) is 4.92 Å². The normalized spacial score (nSPS) is 10.2. The van der Waals surface area contributed by atoms with Crippen molar-refractivity contribution in [1.82, 2.24) is 0 Å². The maximum atomic E-state index is 11.9. The van der Waals surface area contributed by atoms with Crippen LogP contribution in [0.2, 0.25) is 0 Å². The van der Waals surface area contributed by atoms with Crippen LogP contribution in [0.3, 0.4) is 0 Å². The van der Waals surface area contributed by atoms with Crippen LogP contribution in [-0.4, -0.2) is 17.4 Å². The molecule has 0 atom stereocenters. The second kappa shape index (κ2) is 7.23. The molecule has 0 aliphatic heterocycles. The molecule has 0 aliphatic rings. The van der Waals surface area contributed by atoms with Crippen molar-refractivity contribution in [3.05, 3.63) is 62.1 Å². The van der Waals surface area contributed by atoms with Crippen molar-refractivity contribution >= 4 is 33.2 Å². The fraction of sp³-hybridized carbons (Fsp3) is 0.188. The number of nitrogens with one attached hydrogen (secondary N) is 1. The zero-order chi connectivity index (χ0) is 17.0. The fourth-order valence-corrected chi connectivity index (χ4v) is 2.37. The average molecular weight is 379 g/mol. The van der Waals surface area contributed by atoms with Crippen LogP contribution in [0.1, 0.15) is 11.1 Å². The highest BCUT2D eigenvalue weighted by Gasteiger charge is 2.09. The van der Waals surface area contributed by atoms with E-state index in [1.54, 1.807) is 0 Å². The smallest absolute Gasteiger partial charge is 0.269 e.